The van der Waals surface area contributed by atoms with Gasteiger partial charge in [0.25, 0.3) is 12.3 Å². The number of hydrogen-bond acceptors (Lipinski definition) is 3. The van der Waals surface area contributed by atoms with Crippen LogP contribution in [0.4, 0.5) is 8.78 Å². The third-order valence-corrected chi connectivity index (χ3v) is 4.50. The van der Waals surface area contributed by atoms with Gasteiger partial charge in [0.1, 0.15) is 0 Å². The summed E-state index contributed by atoms with van der Waals surface area (Å²) in [5.41, 5.74) is -0.533. The molecule has 1 fully saturated rings. The molecule has 1 aromatic heterocycles. The largest absolute Gasteiger partial charge is 0.396 e. The average Bonchev–Trinajstić information content (AvgIpc) is 2.80. The molecule has 2 atom stereocenters. The molecule has 2 rings (SSSR count). The van der Waals surface area contributed by atoms with E-state index in [9.17, 15) is 18.7 Å². The molecule has 2 N–H and O–H groups in total. The zero-order valence-corrected chi connectivity index (χ0v) is 14.3. The van der Waals surface area contributed by atoms with Crippen LogP contribution < -0.4 is 5.32 Å². The Bertz CT molecular complexity index is 546. The summed E-state index contributed by atoms with van der Waals surface area (Å²) < 4.78 is 27.9. The average molecular weight is 343 g/mol. The van der Waals surface area contributed by atoms with Gasteiger partial charge in [-0.25, -0.2) is 8.78 Å². The molecule has 1 aliphatic carbocycles. The monoisotopic (exact) mass is 343 g/mol. The molecule has 0 aromatic carbocycles. The number of carbonyl (C=O) groups is 1. The standard InChI is InChI=1S/C17H27F2N3O2/c1-11(2)8-22-9-13(16(18)19)15(21-22)17(24)20-14-7-5-3-4-6-12(14)10-23/h9,11-12,14,16,23H,3-8,10H2,1-2H3,(H,20,24). The summed E-state index contributed by atoms with van der Waals surface area (Å²) >= 11 is 0. The van der Waals surface area contributed by atoms with Gasteiger partial charge in [-0.3, -0.25) is 9.48 Å². The van der Waals surface area contributed by atoms with Crippen molar-refractivity contribution in [1.29, 1.82) is 0 Å². The predicted molar refractivity (Wildman–Crippen MR) is 86.9 cm³/mol. The van der Waals surface area contributed by atoms with Crippen molar-refractivity contribution in [2.24, 2.45) is 11.8 Å². The lowest BCUT2D eigenvalue weighted by atomic mass is 9.95. The molecule has 7 heteroatoms. The number of aliphatic hydroxyl groups is 1. The van der Waals surface area contributed by atoms with Crippen LogP contribution in [-0.4, -0.2) is 33.4 Å². The molecule has 2 unspecified atom stereocenters. The Labute approximate surface area is 141 Å². The topological polar surface area (TPSA) is 67.2 Å². The number of halogens is 2. The van der Waals surface area contributed by atoms with Gasteiger partial charge in [-0.2, -0.15) is 5.10 Å². The third-order valence-electron chi connectivity index (χ3n) is 4.50. The number of rotatable bonds is 6. The molecule has 24 heavy (non-hydrogen) atoms. The second-order valence-corrected chi connectivity index (χ2v) is 7.01. The molecule has 5 nitrogen and oxygen atoms in total. The normalized spacial score (nSPS) is 22.0. The Morgan fingerprint density at radius 1 is 1.38 bits per heavy atom. The van der Waals surface area contributed by atoms with Crippen LogP contribution in [0.3, 0.4) is 0 Å². The summed E-state index contributed by atoms with van der Waals surface area (Å²) in [6.07, 6.45) is 3.16. The van der Waals surface area contributed by atoms with Crippen LogP contribution in [0.1, 0.15) is 68.4 Å². The maximum Gasteiger partial charge on any atom is 0.272 e. The van der Waals surface area contributed by atoms with Crippen LogP contribution in [0.15, 0.2) is 6.20 Å². The first kappa shape index (κ1) is 18.8. The lowest BCUT2D eigenvalue weighted by Crippen LogP contribution is -2.41. The van der Waals surface area contributed by atoms with Gasteiger partial charge in [0.2, 0.25) is 0 Å². The van der Waals surface area contributed by atoms with Gasteiger partial charge in [0, 0.05) is 31.3 Å². The van der Waals surface area contributed by atoms with Gasteiger partial charge in [-0.1, -0.05) is 33.1 Å². The molecule has 0 aliphatic heterocycles. The van der Waals surface area contributed by atoms with E-state index in [1.807, 2.05) is 13.8 Å². The molecule has 0 bridgehead atoms. The Balaban J connectivity index is 2.16. The Morgan fingerprint density at radius 3 is 2.71 bits per heavy atom. The molecular weight excluding hydrogens is 316 g/mol. The maximum absolute atomic E-state index is 13.3. The number of carbonyl (C=O) groups excluding carboxylic acids is 1. The van der Waals surface area contributed by atoms with E-state index >= 15 is 0 Å². The number of nitrogens with zero attached hydrogens (tertiary/aromatic N) is 2. The van der Waals surface area contributed by atoms with Crippen LogP contribution in [0.25, 0.3) is 0 Å². The summed E-state index contributed by atoms with van der Waals surface area (Å²) in [5.74, 6) is -0.352. The number of aromatic nitrogens is 2. The van der Waals surface area contributed by atoms with Crippen molar-refractivity contribution in [3.63, 3.8) is 0 Å². The van der Waals surface area contributed by atoms with Crippen molar-refractivity contribution in [1.82, 2.24) is 15.1 Å². The minimum Gasteiger partial charge on any atom is -0.396 e. The van der Waals surface area contributed by atoms with Gasteiger partial charge in [0.15, 0.2) is 5.69 Å². The Hall–Kier alpha value is -1.50. The van der Waals surface area contributed by atoms with Crippen LogP contribution in [0, 0.1) is 11.8 Å². The number of alkyl halides is 2. The number of nitrogens with one attached hydrogen (secondary N) is 1. The third kappa shape index (κ3) is 4.75. The molecular formula is C17H27F2N3O2. The van der Waals surface area contributed by atoms with E-state index in [4.69, 9.17) is 0 Å². The highest BCUT2D eigenvalue weighted by Crippen LogP contribution is 2.25. The molecule has 0 spiro atoms. The van der Waals surface area contributed by atoms with Gasteiger partial charge >= 0.3 is 0 Å². The predicted octanol–water partition coefficient (Wildman–Crippen LogP) is 3.15. The second kappa shape index (κ2) is 8.55. The van der Waals surface area contributed by atoms with E-state index in [2.05, 4.69) is 10.4 Å². The zero-order valence-electron chi connectivity index (χ0n) is 14.3. The second-order valence-electron chi connectivity index (χ2n) is 7.01. The molecule has 1 amide bonds. The highest BCUT2D eigenvalue weighted by atomic mass is 19.3. The smallest absolute Gasteiger partial charge is 0.272 e. The minimum atomic E-state index is -2.74. The summed E-state index contributed by atoms with van der Waals surface area (Å²) in [7, 11) is 0. The van der Waals surface area contributed by atoms with E-state index in [-0.39, 0.29) is 35.7 Å². The lowest BCUT2D eigenvalue weighted by molar-refractivity contribution is 0.0881. The van der Waals surface area contributed by atoms with E-state index < -0.39 is 12.3 Å². The zero-order chi connectivity index (χ0) is 17.7. The van der Waals surface area contributed by atoms with E-state index in [0.717, 1.165) is 32.1 Å². The Kier molecular flexibility index (Phi) is 6.71. The van der Waals surface area contributed by atoms with Gasteiger partial charge in [0.05, 0.1) is 5.56 Å². The quantitative estimate of drug-likeness (QED) is 0.780. The molecule has 136 valence electrons. The van der Waals surface area contributed by atoms with Crippen molar-refractivity contribution in [2.45, 2.75) is 65.0 Å². The van der Waals surface area contributed by atoms with E-state index in [0.29, 0.717) is 6.54 Å². The summed E-state index contributed by atoms with van der Waals surface area (Å²) in [4.78, 5) is 12.5. The van der Waals surface area contributed by atoms with Crippen LogP contribution in [0.5, 0.6) is 0 Å². The first-order chi connectivity index (χ1) is 11.4. The van der Waals surface area contributed by atoms with Crippen molar-refractivity contribution in [2.75, 3.05) is 6.61 Å². The first-order valence-electron chi connectivity index (χ1n) is 8.69. The fraction of sp³-hybridized carbons (Fsp3) is 0.765. The summed E-state index contributed by atoms with van der Waals surface area (Å²) in [6, 6.07) is -0.189. The van der Waals surface area contributed by atoms with Crippen molar-refractivity contribution in [3.8, 4) is 0 Å². The van der Waals surface area contributed by atoms with Gasteiger partial charge < -0.3 is 10.4 Å². The van der Waals surface area contributed by atoms with E-state index in [1.54, 1.807) is 0 Å². The first-order valence-corrected chi connectivity index (χ1v) is 8.69. The summed E-state index contributed by atoms with van der Waals surface area (Å²) in [6.45, 7) is 4.39. The molecule has 1 aromatic rings. The van der Waals surface area contributed by atoms with Crippen LogP contribution >= 0.6 is 0 Å². The van der Waals surface area contributed by atoms with E-state index in [1.165, 1.54) is 10.9 Å². The van der Waals surface area contributed by atoms with Crippen LogP contribution in [-0.2, 0) is 6.54 Å². The number of amides is 1. The lowest BCUT2D eigenvalue weighted by Gasteiger charge is -2.24. The number of hydrogen-bond donors (Lipinski definition) is 2. The van der Waals surface area contributed by atoms with Gasteiger partial charge in [-0.15, -0.1) is 0 Å². The molecule has 0 radical (unpaired) electrons. The van der Waals surface area contributed by atoms with Crippen molar-refractivity contribution in [3.05, 3.63) is 17.5 Å². The Morgan fingerprint density at radius 2 is 2.08 bits per heavy atom. The molecule has 1 aliphatic rings. The van der Waals surface area contributed by atoms with Crippen LogP contribution in [0.2, 0.25) is 0 Å². The minimum absolute atomic E-state index is 0.00551. The fourth-order valence-corrected chi connectivity index (χ4v) is 3.27. The SMILES string of the molecule is CC(C)Cn1cc(C(F)F)c(C(=O)NC2CCCCCC2CO)n1. The van der Waals surface area contributed by atoms with Crippen molar-refractivity contribution < 1.29 is 18.7 Å². The number of aliphatic hydroxyl groups excluding tert-OH is 1. The highest BCUT2D eigenvalue weighted by Gasteiger charge is 2.29. The highest BCUT2D eigenvalue weighted by molar-refractivity contribution is 5.94. The summed E-state index contributed by atoms with van der Waals surface area (Å²) in [5, 5.41) is 16.4. The molecule has 1 heterocycles. The maximum atomic E-state index is 13.3. The van der Waals surface area contributed by atoms with Gasteiger partial charge in [-0.05, 0) is 18.8 Å². The molecule has 1 saturated carbocycles. The fourth-order valence-electron chi connectivity index (χ4n) is 3.27. The molecule has 0 saturated heterocycles. The van der Waals surface area contributed by atoms with Crippen molar-refractivity contribution >= 4 is 5.91 Å².